The summed E-state index contributed by atoms with van der Waals surface area (Å²) in [5.74, 6) is 0. The monoisotopic (exact) mass is 236 g/mol. The largest absolute Gasteiger partial charge is 0.314 e. The summed E-state index contributed by atoms with van der Waals surface area (Å²) in [5, 5.41) is 4.14. The average Bonchev–Trinajstić information content (AvgIpc) is 2.33. The Balaban J connectivity index is 1.82. The van der Waals surface area contributed by atoms with Crippen LogP contribution in [0.2, 0.25) is 5.02 Å². The van der Waals surface area contributed by atoms with Crippen LogP contribution in [-0.4, -0.2) is 37.6 Å². The summed E-state index contributed by atoms with van der Waals surface area (Å²) in [7, 11) is 0. The fraction of sp³-hybridized carbons (Fsp3) is 0.385. The summed E-state index contributed by atoms with van der Waals surface area (Å²) < 4.78 is 0. The summed E-state index contributed by atoms with van der Waals surface area (Å²) in [6.45, 7) is 5.53. The van der Waals surface area contributed by atoms with Crippen molar-refractivity contribution < 1.29 is 0 Å². The maximum atomic E-state index is 5.83. The van der Waals surface area contributed by atoms with Crippen molar-refractivity contribution >= 4 is 17.7 Å². The van der Waals surface area contributed by atoms with Crippen molar-refractivity contribution in [2.24, 2.45) is 0 Å². The van der Waals surface area contributed by atoms with Crippen LogP contribution in [0.25, 0.3) is 6.08 Å². The smallest absolute Gasteiger partial charge is 0.0406 e. The molecule has 1 heterocycles. The van der Waals surface area contributed by atoms with E-state index in [4.69, 9.17) is 11.6 Å². The fourth-order valence-corrected chi connectivity index (χ4v) is 1.93. The van der Waals surface area contributed by atoms with Gasteiger partial charge in [-0.05, 0) is 17.7 Å². The number of nitrogens with zero attached hydrogens (tertiary/aromatic N) is 1. The molecule has 1 aromatic rings. The molecule has 0 saturated carbocycles. The lowest BCUT2D eigenvalue weighted by molar-refractivity contribution is 0.265. The van der Waals surface area contributed by atoms with Crippen LogP contribution in [0.3, 0.4) is 0 Å². The van der Waals surface area contributed by atoms with E-state index in [1.807, 2.05) is 24.3 Å². The van der Waals surface area contributed by atoms with E-state index in [2.05, 4.69) is 22.4 Å². The zero-order chi connectivity index (χ0) is 11.2. The first-order valence-corrected chi connectivity index (χ1v) is 6.07. The van der Waals surface area contributed by atoms with E-state index in [0.717, 1.165) is 37.7 Å². The van der Waals surface area contributed by atoms with Gasteiger partial charge in [-0.15, -0.1) is 0 Å². The SMILES string of the molecule is Clc1ccc(C=CCN2CCNCC2)cc1. The molecule has 0 aromatic heterocycles. The van der Waals surface area contributed by atoms with E-state index in [0.29, 0.717) is 0 Å². The highest BCUT2D eigenvalue weighted by Gasteiger charge is 2.06. The number of rotatable bonds is 3. The molecule has 16 heavy (non-hydrogen) atoms. The molecule has 0 spiro atoms. The lowest BCUT2D eigenvalue weighted by Crippen LogP contribution is -2.43. The summed E-state index contributed by atoms with van der Waals surface area (Å²) in [6, 6.07) is 7.92. The van der Waals surface area contributed by atoms with Crippen LogP contribution in [0.15, 0.2) is 30.3 Å². The van der Waals surface area contributed by atoms with Crippen LogP contribution in [0.1, 0.15) is 5.56 Å². The number of hydrogen-bond acceptors (Lipinski definition) is 2. The lowest BCUT2D eigenvalue weighted by Gasteiger charge is -2.25. The zero-order valence-electron chi connectivity index (χ0n) is 9.32. The van der Waals surface area contributed by atoms with Crippen molar-refractivity contribution in [3.63, 3.8) is 0 Å². The molecule has 1 aliphatic heterocycles. The summed E-state index contributed by atoms with van der Waals surface area (Å²) in [4.78, 5) is 2.45. The summed E-state index contributed by atoms with van der Waals surface area (Å²) >= 11 is 5.83. The normalized spacial score (nSPS) is 18.1. The molecule has 0 radical (unpaired) electrons. The fourth-order valence-electron chi connectivity index (χ4n) is 1.81. The maximum absolute atomic E-state index is 5.83. The van der Waals surface area contributed by atoms with E-state index in [-0.39, 0.29) is 0 Å². The van der Waals surface area contributed by atoms with E-state index >= 15 is 0 Å². The molecule has 0 unspecified atom stereocenters. The van der Waals surface area contributed by atoms with Gasteiger partial charge in [-0.25, -0.2) is 0 Å². The summed E-state index contributed by atoms with van der Waals surface area (Å²) in [5.41, 5.74) is 1.21. The highest BCUT2D eigenvalue weighted by molar-refractivity contribution is 6.30. The lowest BCUT2D eigenvalue weighted by atomic mass is 10.2. The molecular weight excluding hydrogens is 220 g/mol. The van der Waals surface area contributed by atoms with Crippen molar-refractivity contribution in [2.75, 3.05) is 32.7 Å². The molecule has 0 amide bonds. The van der Waals surface area contributed by atoms with Gasteiger partial charge in [0.15, 0.2) is 0 Å². The molecule has 0 bridgehead atoms. The molecule has 1 aliphatic rings. The van der Waals surface area contributed by atoms with Crippen molar-refractivity contribution in [1.29, 1.82) is 0 Å². The van der Waals surface area contributed by atoms with Crippen molar-refractivity contribution in [3.05, 3.63) is 40.9 Å². The van der Waals surface area contributed by atoms with Crippen LogP contribution in [0.5, 0.6) is 0 Å². The molecule has 1 fully saturated rings. The molecule has 3 heteroatoms. The van der Waals surface area contributed by atoms with E-state index in [1.54, 1.807) is 0 Å². The van der Waals surface area contributed by atoms with Gasteiger partial charge in [0.2, 0.25) is 0 Å². The van der Waals surface area contributed by atoms with Crippen LogP contribution in [-0.2, 0) is 0 Å². The minimum atomic E-state index is 0.791. The average molecular weight is 237 g/mol. The van der Waals surface area contributed by atoms with Gasteiger partial charge < -0.3 is 5.32 Å². The third kappa shape index (κ3) is 3.63. The summed E-state index contributed by atoms with van der Waals surface area (Å²) in [6.07, 6.45) is 4.37. The van der Waals surface area contributed by atoms with E-state index in [1.165, 1.54) is 5.56 Å². The van der Waals surface area contributed by atoms with Crippen molar-refractivity contribution in [2.45, 2.75) is 0 Å². The number of hydrogen-bond donors (Lipinski definition) is 1. The number of nitrogens with one attached hydrogen (secondary N) is 1. The van der Waals surface area contributed by atoms with Gasteiger partial charge in [-0.2, -0.15) is 0 Å². The topological polar surface area (TPSA) is 15.3 Å². The third-order valence-electron chi connectivity index (χ3n) is 2.75. The Hall–Kier alpha value is -0.830. The standard InChI is InChI=1S/C13H17ClN2/c14-13-5-3-12(4-6-13)2-1-9-16-10-7-15-8-11-16/h1-6,15H,7-11H2. The zero-order valence-corrected chi connectivity index (χ0v) is 10.1. The first kappa shape index (κ1) is 11.6. The predicted octanol–water partition coefficient (Wildman–Crippen LogP) is 2.26. The Morgan fingerprint density at radius 3 is 2.56 bits per heavy atom. The molecule has 1 N–H and O–H groups in total. The highest BCUT2D eigenvalue weighted by Crippen LogP contribution is 2.10. The highest BCUT2D eigenvalue weighted by atomic mass is 35.5. The van der Waals surface area contributed by atoms with Crippen LogP contribution in [0, 0.1) is 0 Å². The van der Waals surface area contributed by atoms with Gasteiger partial charge in [-0.3, -0.25) is 4.90 Å². The minimum Gasteiger partial charge on any atom is -0.314 e. The third-order valence-corrected chi connectivity index (χ3v) is 3.01. The van der Waals surface area contributed by atoms with E-state index < -0.39 is 0 Å². The molecule has 2 rings (SSSR count). The van der Waals surface area contributed by atoms with Gasteiger partial charge in [0.25, 0.3) is 0 Å². The predicted molar refractivity (Wildman–Crippen MR) is 69.8 cm³/mol. The van der Waals surface area contributed by atoms with Gasteiger partial charge in [-0.1, -0.05) is 35.9 Å². The van der Waals surface area contributed by atoms with Crippen molar-refractivity contribution in [3.8, 4) is 0 Å². The molecule has 0 atom stereocenters. The number of piperazine rings is 1. The minimum absolute atomic E-state index is 0.791. The van der Waals surface area contributed by atoms with Gasteiger partial charge in [0.1, 0.15) is 0 Å². The van der Waals surface area contributed by atoms with Crippen LogP contribution >= 0.6 is 11.6 Å². The van der Waals surface area contributed by atoms with E-state index in [9.17, 15) is 0 Å². The Kier molecular flexibility index (Phi) is 4.40. The Bertz CT molecular complexity index is 339. The second-order valence-electron chi connectivity index (χ2n) is 4.00. The van der Waals surface area contributed by atoms with Crippen LogP contribution < -0.4 is 5.32 Å². The first-order valence-electron chi connectivity index (χ1n) is 5.70. The Labute approximate surface area is 102 Å². The molecule has 86 valence electrons. The van der Waals surface area contributed by atoms with Gasteiger partial charge in [0, 0.05) is 37.7 Å². The second-order valence-corrected chi connectivity index (χ2v) is 4.44. The van der Waals surface area contributed by atoms with Gasteiger partial charge in [0.05, 0.1) is 0 Å². The van der Waals surface area contributed by atoms with Gasteiger partial charge >= 0.3 is 0 Å². The second kappa shape index (κ2) is 6.04. The van der Waals surface area contributed by atoms with Crippen molar-refractivity contribution in [1.82, 2.24) is 10.2 Å². The molecule has 0 aliphatic carbocycles. The van der Waals surface area contributed by atoms with Crippen LogP contribution in [0.4, 0.5) is 0 Å². The maximum Gasteiger partial charge on any atom is 0.0406 e. The number of halogens is 1. The molecule has 2 nitrogen and oxygen atoms in total. The molecular formula is C13H17ClN2. The number of benzene rings is 1. The first-order chi connectivity index (χ1) is 7.84. The molecule has 1 saturated heterocycles. The quantitative estimate of drug-likeness (QED) is 0.866. The molecule has 1 aromatic carbocycles. The Morgan fingerprint density at radius 2 is 1.88 bits per heavy atom. The Morgan fingerprint density at radius 1 is 1.19 bits per heavy atom.